The van der Waals surface area contributed by atoms with Gasteiger partial charge < -0.3 is 10.6 Å². The van der Waals surface area contributed by atoms with Crippen molar-refractivity contribution < 1.29 is 13.2 Å². The molecule has 0 radical (unpaired) electrons. The van der Waals surface area contributed by atoms with Gasteiger partial charge in [0.05, 0.1) is 16.9 Å². The van der Waals surface area contributed by atoms with Crippen LogP contribution < -0.4 is 10.6 Å². The Labute approximate surface area is 181 Å². The summed E-state index contributed by atoms with van der Waals surface area (Å²) in [4.78, 5) is 9.21. The number of hydrogen-bond donors (Lipinski definition) is 2. The van der Waals surface area contributed by atoms with Gasteiger partial charge in [-0.05, 0) is 47.0 Å². The maximum atomic E-state index is 12.9. The first kappa shape index (κ1) is 20.7. The monoisotopic (exact) mass is 476 g/mol. The minimum Gasteiger partial charge on any atom is -0.351 e. The smallest absolute Gasteiger partial charge is 0.351 e. The zero-order valence-corrected chi connectivity index (χ0v) is 17.6. The molecule has 0 spiro atoms. The predicted molar refractivity (Wildman–Crippen MR) is 116 cm³/mol. The third kappa shape index (κ3) is 4.92. The molecule has 2 aromatic carbocycles. The number of hydrogen-bond acceptors (Lipinski definition) is 4. The van der Waals surface area contributed by atoms with E-state index >= 15 is 0 Å². The quantitative estimate of drug-likeness (QED) is 0.415. The summed E-state index contributed by atoms with van der Waals surface area (Å²) >= 11 is 3.23. The number of halogens is 4. The molecule has 4 nitrogen and oxygen atoms in total. The van der Waals surface area contributed by atoms with Crippen molar-refractivity contribution in [1.29, 1.82) is 0 Å². The number of aromatic nitrogens is 2. The zero-order chi connectivity index (χ0) is 21.1. The summed E-state index contributed by atoms with van der Waals surface area (Å²) in [5.74, 6) is 1.01. The van der Waals surface area contributed by atoms with Crippen LogP contribution in [0, 0.1) is 0 Å². The van der Waals surface area contributed by atoms with Gasteiger partial charge in [0.1, 0.15) is 5.82 Å². The van der Waals surface area contributed by atoms with Crippen LogP contribution >= 0.6 is 15.9 Å². The molecule has 1 heterocycles. The van der Waals surface area contributed by atoms with Crippen LogP contribution in [0.1, 0.15) is 31.2 Å². The van der Waals surface area contributed by atoms with Crippen molar-refractivity contribution in [3.8, 4) is 11.3 Å². The van der Waals surface area contributed by atoms with E-state index in [4.69, 9.17) is 0 Å². The fraction of sp³-hybridized carbons (Fsp3) is 0.273. The molecule has 0 saturated heterocycles. The molecule has 0 amide bonds. The highest BCUT2D eigenvalue weighted by Gasteiger charge is 2.30. The highest BCUT2D eigenvalue weighted by Crippen LogP contribution is 2.35. The molecule has 30 heavy (non-hydrogen) atoms. The van der Waals surface area contributed by atoms with Gasteiger partial charge in [0.2, 0.25) is 5.95 Å². The van der Waals surface area contributed by atoms with E-state index in [0.29, 0.717) is 28.0 Å². The Morgan fingerprint density at radius 1 is 0.933 bits per heavy atom. The summed E-state index contributed by atoms with van der Waals surface area (Å²) in [5, 5.41) is 6.52. The van der Waals surface area contributed by atoms with Crippen LogP contribution in [0.25, 0.3) is 11.3 Å². The number of alkyl halides is 3. The minimum atomic E-state index is -4.39. The largest absolute Gasteiger partial charge is 0.416 e. The lowest BCUT2D eigenvalue weighted by Gasteiger charge is -2.16. The average Bonchev–Trinajstić information content (AvgIpc) is 3.22. The van der Waals surface area contributed by atoms with E-state index in [-0.39, 0.29) is 0 Å². The van der Waals surface area contributed by atoms with Crippen LogP contribution in [-0.2, 0) is 6.18 Å². The molecule has 1 aliphatic rings. The number of nitrogens with one attached hydrogen (secondary N) is 2. The van der Waals surface area contributed by atoms with Crippen LogP contribution in [0.15, 0.2) is 59.1 Å². The van der Waals surface area contributed by atoms with Crippen LogP contribution in [0.4, 0.5) is 30.6 Å². The fourth-order valence-electron chi connectivity index (χ4n) is 3.52. The molecule has 0 atom stereocenters. The Kier molecular flexibility index (Phi) is 5.94. The number of rotatable bonds is 5. The SMILES string of the molecule is FC(F)(F)c1ccc(Nc2cc(-c3ccccc3)nc(NC3CCCC3)n2)c(Br)c1. The van der Waals surface area contributed by atoms with E-state index in [1.165, 1.54) is 18.9 Å². The number of nitrogens with zero attached hydrogens (tertiary/aromatic N) is 2. The molecule has 0 bridgehead atoms. The Bertz CT molecular complexity index is 1020. The standard InChI is InChI=1S/C22H20BrF3N4/c23-17-12-15(22(24,25)26)10-11-18(17)28-20-13-19(14-6-2-1-3-7-14)29-21(30-20)27-16-8-4-5-9-16/h1-3,6-7,10-13,16H,4-5,8-9H2,(H2,27,28,29,30). The number of benzene rings is 2. The number of anilines is 3. The van der Waals surface area contributed by atoms with E-state index in [9.17, 15) is 13.2 Å². The Hall–Kier alpha value is -2.61. The van der Waals surface area contributed by atoms with E-state index in [2.05, 4.69) is 36.5 Å². The first-order chi connectivity index (χ1) is 14.4. The van der Waals surface area contributed by atoms with Crippen molar-refractivity contribution in [2.45, 2.75) is 37.9 Å². The summed E-state index contributed by atoms with van der Waals surface area (Å²) < 4.78 is 39.1. The molecular weight excluding hydrogens is 457 g/mol. The Morgan fingerprint density at radius 2 is 1.67 bits per heavy atom. The molecular formula is C22H20BrF3N4. The molecule has 1 saturated carbocycles. The second-order valence-corrected chi connectivity index (χ2v) is 8.13. The summed E-state index contributed by atoms with van der Waals surface area (Å²) in [6, 6.07) is 15.3. The van der Waals surface area contributed by atoms with E-state index in [1.54, 1.807) is 6.07 Å². The van der Waals surface area contributed by atoms with Crippen molar-refractivity contribution in [3.63, 3.8) is 0 Å². The Balaban J connectivity index is 1.66. The van der Waals surface area contributed by atoms with Gasteiger partial charge in [-0.2, -0.15) is 18.2 Å². The first-order valence-corrected chi connectivity index (χ1v) is 10.5. The van der Waals surface area contributed by atoms with Gasteiger partial charge in [-0.1, -0.05) is 43.2 Å². The average molecular weight is 477 g/mol. The lowest BCUT2D eigenvalue weighted by atomic mass is 10.1. The molecule has 2 N–H and O–H groups in total. The van der Waals surface area contributed by atoms with Gasteiger partial charge in [0.15, 0.2) is 0 Å². The Morgan fingerprint density at radius 3 is 2.33 bits per heavy atom. The van der Waals surface area contributed by atoms with E-state index < -0.39 is 11.7 Å². The van der Waals surface area contributed by atoms with Crippen LogP contribution in [-0.4, -0.2) is 16.0 Å². The van der Waals surface area contributed by atoms with Crippen molar-refractivity contribution in [2.24, 2.45) is 0 Å². The van der Waals surface area contributed by atoms with Gasteiger partial charge in [-0.25, -0.2) is 4.98 Å². The molecule has 4 rings (SSSR count). The van der Waals surface area contributed by atoms with Crippen LogP contribution in [0.2, 0.25) is 0 Å². The molecule has 0 unspecified atom stereocenters. The van der Waals surface area contributed by atoms with E-state index in [0.717, 1.165) is 36.2 Å². The fourth-order valence-corrected chi connectivity index (χ4v) is 3.99. The molecule has 1 fully saturated rings. The highest BCUT2D eigenvalue weighted by atomic mass is 79.9. The van der Waals surface area contributed by atoms with E-state index in [1.807, 2.05) is 30.3 Å². The third-order valence-corrected chi connectivity index (χ3v) is 5.70. The van der Waals surface area contributed by atoms with Gasteiger partial charge in [0.25, 0.3) is 0 Å². The zero-order valence-electron chi connectivity index (χ0n) is 16.0. The molecule has 3 aromatic rings. The summed E-state index contributed by atoms with van der Waals surface area (Å²) in [5.41, 5.74) is 1.45. The summed E-state index contributed by atoms with van der Waals surface area (Å²) in [6.07, 6.45) is 0.117. The lowest BCUT2D eigenvalue weighted by molar-refractivity contribution is -0.137. The summed E-state index contributed by atoms with van der Waals surface area (Å²) in [7, 11) is 0. The third-order valence-electron chi connectivity index (χ3n) is 5.04. The van der Waals surface area contributed by atoms with Gasteiger partial charge in [-0.15, -0.1) is 0 Å². The highest BCUT2D eigenvalue weighted by molar-refractivity contribution is 9.10. The minimum absolute atomic E-state index is 0.308. The topological polar surface area (TPSA) is 49.8 Å². The normalized spacial score (nSPS) is 14.7. The molecule has 8 heteroatoms. The van der Waals surface area contributed by atoms with Crippen LogP contribution in [0.3, 0.4) is 0 Å². The van der Waals surface area contributed by atoms with Gasteiger partial charge >= 0.3 is 6.18 Å². The second-order valence-electron chi connectivity index (χ2n) is 7.27. The summed E-state index contributed by atoms with van der Waals surface area (Å²) in [6.45, 7) is 0. The second kappa shape index (κ2) is 8.63. The lowest BCUT2D eigenvalue weighted by Crippen LogP contribution is -2.17. The predicted octanol–water partition coefficient (Wildman–Crippen LogP) is 7.02. The maximum absolute atomic E-state index is 12.9. The molecule has 1 aromatic heterocycles. The molecule has 156 valence electrons. The van der Waals surface area contributed by atoms with Gasteiger partial charge in [0, 0.05) is 22.1 Å². The molecule has 1 aliphatic carbocycles. The first-order valence-electron chi connectivity index (χ1n) is 9.73. The van der Waals surface area contributed by atoms with Gasteiger partial charge in [-0.3, -0.25) is 0 Å². The van der Waals surface area contributed by atoms with Crippen molar-refractivity contribution in [2.75, 3.05) is 10.6 Å². The van der Waals surface area contributed by atoms with Crippen molar-refractivity contribution in [1.82, 2.24) is 9.97 Å². The van der Waals surface area contributed by atoms with Crippen LogP contribution in [0.5, 0.6) is 0 Å². The van der Waals surface area contributed by atoms with Crippen molar-refractivity contribution >= 4 is 33.4 Å². The maximum Gasteiger partial charge on any atom is 0.416 e. The molecule has 0 aliphatic heterocycles. The van der Waals surface area contributed by atoms with Crippen molar-refractivity contribution in [3.05, 3.63) is 64.6 Å².